The van der Waals surface area contributed by atoms with Gasteiger partial charge in [0.25, 0.3) is 6.43 Å². The number of nitrogens with one attached hydrogen (secondary N) is 1. The average molecular weight is 229 g/mol. The number of anilines is 1. The average Bonchev–Trinajstić information content (AvgIpc) is 2.20. The molecule has 0 aliphatic carbocycles. The molecule has 0 spiro atoms. The first-order valence-electron chi connectivity index (χ1n) is 5.15. The summed E-state index contributed by atoms with van der Waals surface area (Å²) < 4.78 is 24.4. The lowest BCUT2D eigenvalue weighted by Crippen LogP contribution is -2.25. The Morgan fingerprint density at radius 1 is 1.44 bits per heavy atom. The molecule has 0 unspecified atom stereocenters. The summed E-state index contributed by atoms with van der Waals surface area (Å²) in [5, 5.41) is 3.03. The maximum absolute atomic E-state index is 12.2. The highest BCUT2D eigenvalue weighted by atomic mass is 19.3. The molecule has 5 heteroatoms. The Balaban J connectivity index is 2.79. The van der Waals surface area contributed by atoms with Gasteiger partial charge in [0.05, 0.1) is 6.54 Å². The highest BCUT2D eigenvalue weighted by Crippen LogP contribution is 2.14. The SMILES string of the molecule is CNCc1ccc(N(C)CC(F)F)nc1C. The van der Waals surface area contributed by atoms with Gasteiger partial charge in [-0.3, -0.25) is 0 Å². The monoisotopic (exact) mass is 229 g/mol. The van der Waals surface area contributed by atoms with Crippen molar-refractivity contribution in [3.8, 4) is 0 Å². The molecule has 90 valence electrons. The Hall–Kier alpha value is -1.23. The molecule has 0 saturated carbocycles. The van der Waals surface area contributed by atoms with E-state index in [-0.39, 0.29) is 6.54 Å². The Bertz CT molecular complexity index is 342. The first-order valence-corrected chi connectivity index (χ1v) is 5.15. The van der Waals surface area contributed by atoms with Crippen LogP contribution in [0.1, 0.15) is 11.3 Å². The minimum atomic E-state index is -2.34. The van der Waals surface area contributed by atoms with Crippen LogP contribution in [0.25, 0.3) is 0 Å². The van der Waals surface area contributed by atoms with Crippen LogP contribution in [-0.4, -0.2) is 32.0 Å². The summed E-state index contributed by atoms with van der Waals surface area (Å²) in [6, 6.07) is 3.68. The molecular formula is C11H17F2N3. The van der Waals surface area contributed by atoms with Gasteiger partial charge in [-0.1, -0.05) is 6.07 Å². The Morgan fingerprint density at radius 3 is 2.62 bits per heavy atom. The summed E-state index contributed by atoms with van der Waals surface area (Å²) in [6.07, 6.45) is -2.34. The van der Waals surface area contributed by atoms with Crippen molar-refractivity contribution in [2.75, 3.05) is 25.5 Å². The molecular weight excluding hydrogens is 212 g/mol. The van der Waals surface area contributed by atoms with Crippen molar-refractivity contribution in [2.24, 2.45) is 0 Å². The van der Waals surface area contributed by atoms with Gasteiger partial charge in [0.15, 0.2) is 0 Å². The van der Waals surface area contributed by atoms with E-state index >= 15 is 0 Å². The van der Waals surface area contributed by atoms with Crippen LogP contribution in [0, 0.1) is 6.92 Å². The fourth-order valence-corrected chi connectivity index (χ4v) is 1.47. The summed E-state index contributed by atoms with van der Waals surface area (Å²) in [7, 11) is 3.47. The van der Waals surface area contributed by atoms with Crippen LogP contribution in [0.15, 0.2) is 12.1 Å². The third kappa shape index (κ3) is 3.41. The minimum Gasteiger partial charge on any atom is -0.354 e. The molecule has 1 rings (SSSR count). The number of alkyl halides is 2. The number of hydrogen-bond acceptors (Lipinski definition) is 3. The molecule has 1 heterocycles. The van der Waals surface area contributed by atoms with Gasteiger partial charge >= 0.3 is 0 Å². The van der Waals surface area contributed by atoms with E-state index in [0.29, 0.717) is 5.82 Å². The fourth-order valence-electron chi connectivity index (χ4n) is 1.47. The van der Waals surface area contributed by atoms with Gasteiger partial charge in [-0.15, -0.1) is 0 Å². The van der Waals surface area contributed by atoms with Crippen molar-refractivity contribution >= 4 is 5.82 Å². The van der Waals surface area contributed by atoms with Crippen LogP contribution in [0.2, 0.25) is 0 Å². The first-order chi connectivity index (χ1) is 7.54. The zero-order valence-corrected chi connectivity index (χ0v) is 9.80. The lowest BCUT2D eigenvalue weighted by molar-refractivity contribution is 0.156. The molecule has 1 aromatic heterocycles. The van der Waals surface area contributed by atoms with E-state index in [2.05, 4.69) is 10.3 Å². The predicted molar refractivity (Wildman–Crippen MR) is 61.0 cm³/mol. The van der Waals surface area contributed by atoms with E-state index in [0.717, 1.165) is 17.8 Å². The van der Waals surface area contributed by atoms with Crippen molar-refractivity contribution in [3.63, 3.8) is 0 Å². The van der Waals surface area contributed by atoms with E-state index in [1.54, 1.807) is 13.1 Å². The number of nitrogens with zero attached hydrogens (tertiary/aromatic N) is 2. The second-order valence-corrected chi connectivity index (χ2v) is 3.72. The van der Waals surface area contributed by atoms with Crippen molar-refractivity contribution < 1.29 is 8.78 Å². The zero-order valence-electron chi connectivity index (χ0n) is 9.80. The molecule has 0 radical (unpaired) electrons. The van der Waals surface area contributed by atoms with Crippen molar-refractivity contribution in [3.05, 3.63) is 23.4 Å². The van der Waals surface area contributed by atoms with E-state index in [1.807, 2.05) is 20.0 Å². The minimum absolute atomic E-state index is 0.294. The largest absolute Gasteiger partial charge is 0.354 e. The normalized spacial score (nSPS) is 10.9. The second kappa shape index (κ2) is 5.75. The number of pyridine rings is 1. The van der Waals surface area contributed by atoms with Gasteiger partial charge in [-0.2, -0.15) is 0 Å². The number of rotatable bonds is 5. The van der Waals surface area contributed by atoms with Gasteiger partial charge in [-0.05, 0) is 25.6 Å². The molecule has 0 aromatic carbocycles. The highest BCUT2D eigenvalue weighted by molar-refractivity contribution is 5.40. The Kier molecular flexibility index (Phi) is 4.61. The Morgan fingerprint density at radius 2 is 2.12 bits per heavy atom. The third-order valence-electron chi connectivity index (χ3n) is 2.35. The summed E-state index contributed by atoms with van der Waals surface area (Å²) in [6.45, 7) is 2.32. The van der Waals surface area contributed by atoms with Crippen LogP contribution < -0.4 is 10.2 Å². The van der Waals surface area contributed by atoms with E-state index in [1.165, 1.54) is 4.90 Å². The summed E-state index contributed by atoms with van der Waals surface area (Å²) in [5.41, 5.74) is 1.95. The van der Waals surface area contributed by atoms with Crippen LogP contribution >= 0.6 is 0 Å². The predicted octanol–water partition coefficient (Wildman–Crippen LogP) is 1.81. The number of halogens is 2. The maximum atomic E-state index is 12.2. The molecule has 1 aromatic rings. The Labute approximate surface area is 94.5 Å². The van der Waals surface area contributed by atoms with Crippen LogP contribution in [0.3, 0.4) is 0 Å². The molecule has 3 nitrogen and oxygen atoms in total. The summed E-state index contributed by atoms with van der Waals surface area (Å²) in [4.78, 5) is 5.76. The third-order valence-corrected chi connectivity index (χ3v) is 2.35. The maximum Gasteiger partial charge on any atom is 0.255 e. The molecule has 1 N–H and O–H groups in total. The first kappa shape index (κ1) is 12.8. The van der Waals surface area contributed by atoms with Crippen molar-refractivity contribution in [1.82, 2.24) is 10.3 Å². The zero-order chi connectivity index (χ0) is 12.1. The lowest BCUT2D eigenvalue weighted by Gasteiger charge is -2.18. The van der Waals surface area contributed by atoms with Crippen molar-refractivity contribution in [1.29, 1.82) is 0 Å². The van der Waals surface area contributed by atoms with Crippen LogP contribution in [0.5, 0.6) is 0 Å². The molecule has 0 bridgehead atoms. The second-order valence-electron chi connectivity index (χ2n) is 3.72. The topological polar surface area (TPSA) is 28.2 Å². The fraction of sp³-hybridized carbons (Fsp3) is 0.545. The molecule has 16 heavy (non-hydrogen) atoms. The standard InChI is InChI=1S/C11H17F2N3/c1-8-9(6-14-2)4-5-11(15-8)16(3)7-10(12)13/h4-5,10,14H,6-7H2,1-3H3. The number of aryl methyl sites for hydroxylation is 1. The van der Waals surface area contributed by atoms with E-state index in [9.17, 15) is 8.78 Å². The number of hydrogen-bond donors (Lipinski definition) is 1. The molecule has 0 amide bonds. The van der Waals surface area contributed by atoms with Gasteiger partial charge in [0.2, 0.25) is 0 Å². The highest BCUT2D eigenvalue weighted by Gasteiger charge is 2.10. The van der Waals surface area contributed by atoms with Crippen molar-refractivity contribution in [2.45, 2.75) is 19.9 Å². The lowest BCUT2D eigenvalue weighted by atomic mass is 10.2. The summed E-state index contributed by atoms with van der Waals surface area (Å²) >= 11 is 0. The smallest absolute Gasteiger partial charge is 0.255 e. The molecule has 0 fully saturated rings. The van der Waals surface area contributed by atoms with Crippen LogP contribution in [-0.2, 0) is 6.54 Å². The molecule has 0 atom stereocenters. The van der Waals surface area contributed by atoms with Gasteiger partial charge in [0, 0.05) is 19.3 Å². The van der Waals surface area contributed by atoms with Gasteiger partial charge < -0.3 is 10.2 Å². The van der Waals surface area contributed by atoms with E-state index in [4.69, 9.17) is 0 Å². The number of aromatic nitrogens is 1. The summed E-state index contributed by atoms with van der Waals surface area (Å²) in [5.74, 6) is 0.581. The van der Waals surface area contributed by atoms with E-state index < -0.39 is 6.43 Å². The van der Waals surface area contributed by atoms with Gasteiger partial charge in [-0.25, -0.2) is 13.8 Å². The molecule has 0 saturated heterocycles. The van der Waals surface area contributed by atoms with Crippen LogP contribution in [0.4, 0.5) is 14.6 Å². The molecule has 0 aliphatic rings. The molecule has 0 aliphatic heterocycles. The van der Waals surface area contributed by atoms with Gasteiger partial charge in [0.1, 0.15) is 5.82 Å². The quantitative estimate of drug-likeness (QED) is 0.834.